The van der Waals surface area contributed by atoms with Crippen molar-refractivity contribution in [1.29, 1.82) is 0 Å². The molecule has 0 radical (unpaired) electrons. The summed E-state index contributed by atoms with van der Waals surface area (Å²) in [5.74, 6) is -0.291. The largest absolute Gasteiger partial charge is 0.445 e. The Labute approximate surface area is 141 Å². The molecule has 0 spiro atoms. The van der Waals surface area contributed by atoms with Gasteiger partial charge < -0.3 is 10.5 Å². The molecule has 126 valence electrons. The Morgan fingerprint density at radius 1 is 1.29 bits per heavy atom. The number of likely N-dealkylation sites (tertiary alicyclic amines) is 1. The summed E-state index contributed by atoms with van der Waals surface area (Å²) in [7, 11) is 0. The predicted octanol–water partition coefficient (Wildman–Crippen LogP) is 3.55. The maximum absolute atomic E-state index is 13.4. The Balaban J connectivity index is 1.75. The molecule has 24 heavy (non-hydrogen) atoms. The second-order valence-corrected chi connectivity index (χ2v) is 6.13. The van der Waals surface area contributed by atoms with Crippen LogP contribution in [0.25, 0.3) is 0 Å². The smallest absolute Gasteiger partial charge is 0.410 e. The Hall–Kier alpha value is -2.40. The molecule has 0 saturated carbocycles. The number of ether oxygens (including phenoxy) is 1. The van der Waals surface area contributed by atoms with Crippen LogP contribution in [0.3, 0.4) is 0 Å². The number of carbonyl (C=O) groups excluding carboxylic acids is 1. The third kappa shape index (κ3) is 3.41. The molecule has 0 aromatic heterocycles. The molecule has 2 N–H and O–H groups in total. The van der Waals surface area contributed by atoms with Gasteiger partial charge in [0.25, 0.3) is 0 Å². The van der Waals surface area contributed by atoms with Crippen LogP contribution in [-0.4, -0.2) is 23.6 Å². The Morgan fingerprint density at radius 2 is 2.04 bits per heavy atom. The van der Waals surface area contributed by atoms with Crippen LogP contribution in [0.15, 0.2) is 48.5 Å². The van der Waals surface area contributed by atoms with E-state index in [2.05, 4.69) is 0 Å². The summed E-state index contributed by atoms with van der Waals surface area (Å²) in [5.41, 5.74) is 8.81. The van der Waals surface area contributed by atoms with E-state index in [1.165, 1.54) is 12.1 Å². The monoisotopic (exact) mass is 328 g/mol. The number of rotatable bonds is 3. The minimum absolute atomic E-state index is 0.182. The van der Waals surface area contributed by atoms with Crippen LogP contribution >= 0.6 is 0 Å². The van der Waals surface area contributed by atoms with Gasteiger partial charge in [0, 0.05) is 12.6 Å². The lowest BCUT2D eigenvalue weighted by Crippen LogP contribution is -2.36. The number of benzene rings is 2. The number of nitrogens with two attached hydrogens (primary N) is 1. The van der Waals surface area contributed by atoms with E-state index in [1.807, 2.05) is 37.3 Å². The number of halogens is 1. The van der Waals surface area contributed by atoms with Crippen LogP contribution < -0.4 is 5.73 Å². The predicted molar refractivity (Wildman–Crippen MR) is 89.8 cm³/mol. The van der Waals surface area contributed by atoms with Gasteiger partial charge in [-0.25, -0.2) is 9.18 Å². The molecule has 2 aromatic carbocycles. The van der Waals surface area contributed by atoms with E-state index in [4.69, 9.17) is 10.5 Å². The average Bonchev–Trinajstić information content (AvgIpc) is 2.95. The van der Waals surface area contributed by atoms with Gasteiger partial charge in [0.2, 0.25) is 0 Å². The van der Waals surface area contributed by atoms with Crippen molar-refractivity contribution in [2.75, 3.05) is 6.54 Å². The first-order chi connectivity index (χ1) is 11.6. The summed E-state index contributed by atoms with van der Waals surface area (Å²) in [6.07, 6.45) is 0.308. The summed E-state index contributed by atoms with van der Waals surface area (Å²) in [6.45, 7) is 2.59. The highest BCUT2D eigenvalue weighted by Gasteiger charge is 2.37. The first-order valence-electron chi connectivity index (χ1n) is 8.05. The van der Waals surface area contributed by atoms with Gasteiger partial charge >= 0.3 is 6.09 Å². The summed E-state index contributed by atoms with van der Waals surface area (Å²) >= 11 is 0. The van der Waals surface area contributed by atoms with E-state index in [1.54, 1.807) is 11.0 Å². The second-order valence-electron chi connectivity index (χ2n) is 6.13. The third-order valence-electron chi connectivity index (χ3n) is 4.43. The van der Waals surface area contributed by atoms with Gasteiger partial charge in [0.1, 0.15) is 12.4 Å². The number of amides is 1. The van der Waals surface area contributed by atoms with Gasteiger partial charge in [0.05, 0.1) is 6.04 Å². The normalized spacial score (nSPS) is 20.2. The highest BCUT2D eigenvalue weighted by atomic mass is 19.1. The van der Waals surface area contributed by atoms with Gasteiger partial charge in [-0.05, 0) is 42.2 Å². The fourth-order valence-electron chi connectivity index (χ4n) is 3.19. The molecule has 0 aliphatic carbocycles. The molecule has 5 heteroatoms. The molecule has 1 aliphatic heterocycles. The standard InChI is InChI=1S/C19H21FN2O2/c1-13-11-15(20)7-8-16(13)18-17(21)9-10-22(18)19(23)24-12-14-5-3-2-4-6-14/h2-8,11,17-18H,9-10,12,21H2,1H3/t17-,18+/m1/s1. The molecule has 1 aliphatic rings. The van der Waals surface area contributed by atoms with Crippen LogP contribution in [0, 0.1) is 12.7 Å². The minimum atomic E-state index is -0.388. The van der Waals surface area contributed by atoms with Crippen molar-refractivity contribution in [3.8, 4) is 0 Å². The van der Waals surface area contributed by atoms with Crippen molar-refractivity contribution in [2.45, 2.75) is 32.0 Å². The number of aryl methyl sites for hydroxylation is 1. The molecular formula is C19H21FN2O2. The fraction of sp³-hybridized carbons (Fsp3) is 0.316. The highest BCUT2D eigenvalue weighted by molar-refractivity contribution is 5.69. The number of hydrogen-bond donors (Lipinski definition) is 1. The SMILES string of the molecule is Cc1cc(F)ccc1[C@H]1[C@H](N)CCN1C(=O)OCc1ccccc1. The summed E-state index contributed by atoms with van der Waals surface area (Å²) in [5, 5.41) is 0. The first kappa shape index (κ1) is 16.5. The van der Waals surface area contributed by atoms with E-state index in [0.717, 1.165) is 16.7 Å². The molecule has 3 rings (SSSR count). The molecule has 2 aromatic rings. The van der Waals surface area contributed by atoms with Crippen LogP contribution in [-0.2, 0) is 11.3 Å². The maximum atomic E-state index is 13.4. The molecule has 2 atom stereocenters. The number of carbonyl (C=O) groups is 1. The lowest BCUT2D eigenvalue weighted by molar-refractivity contribution is 0.0907. The molecule has 1 amide bonds. The number of nitrogens with zero attached hydrogens (tertiary/aromatic N) is 1. The van der Waals surface area contributed by atoms with Crippen molar-refractivity contribution in [2.24, 2.45) is 5.73 Å². The van der Waals surface area contributed by atoms with Gasteiger partial charge in [-0.2, -0.15) is 0 Å². The van der Waals surface area contributed by atoms with Crippen molar-refractivity contribution in [3.63, 3.8) is 0 Å². The van der Waals surface area contributed by atoms with Gasteiger partial charge in [-0.3, -0.25) is 4.90 Å². The third-order valence-corrected chi connectivity index (χ3v) is 4.43. The van der Waals surface area contributed by atoms with Crippen LogP contribution in [0.2, 0.25) is 0 Å². The Kier molecular flexibility index (Phi) is 4.81. The molecule has 0 unspecified atom stereocenters. The minimum Gasteiger partial charge on any atom is -0.445 e. The van der Waals surface area contributed by atoms with Gasteiger partial charge in [-0.1, -0.05) is 36.4 Å². The Morgan fingerprint density at radius 3 is 2.75 bits per heavy atom. The zero-order valence-corrected chi connectivity index (χ0v) is 13.6. The van der Waals surface area contributed by atoms with Gasteiger partial charge in [0.15, 0.2) is 0 Å². The summed E-state index contributed by atoms with van der Waals surface area (Å²) < 4.78 is 18.8. The lowest BCUT2D eigenvalue weighted by atomic mass is 9.96. The molecular weight excluding hydrogens is 307 g/mol. The molecule has 1 heterocycles. The van der Waals surface area contributed by atoms with Crippen molar-refractivity contribution < 1.29 is 13.9 Å². The van der Waals surface area contributed by atoms with E-state index in [9.17, 15) is 9.18 Å². The van der Waals surface area contributed by atoms with Crippen LogP contribution in [0.5, 0.6) is 0 Å². The van der Waals surface area contributed by atoms with E-state index >= 15 is 0 Å². The highest BCUT2D eigenvalue weighted by Crippen LogP contribution is 2.33. The summed E-state index contributed by atoms with van der Waals surface area (Å²) in [6, 6.07) is 13.6. The fourth-order valence-corrected chi connectivity index (χ4v) is 3.19. The van der Waals surface area contributed by atoms with Crippen molar-refractivity contribution in [1.82, 2.24) is 4.90 Å². The van der Waals surface area contributed by atoms with Crippen LogP contribution in [0.4, 0.5) is 9.18 Å². The lowest BCUT2D eigenvalue weighted by Gasteiger charge is -2.27. The Bertz CT molecular complexity index is 721. The quantitative estimate of drug-likeness (QED) is 0.937. The summed E-state index contributed by atoms with van der Waals surface area (Å²) in [4.78, 5) is 14.1. The second kappa shape index (κ2) is 7.01. The zero-order chi connectivity index (χ0) is 17.1. The van der Waals surface area contributed by atoms with Gasteiger partial charge in [-0.15, -0.1) is 0 Å². The van der Waals surface area contributed by atoms with E-state index < -0.39 is 0 Å². The molecule has 0 bridgehead atoms. The zero-order valence-electron chi connectivity index (χ0n) is 13.6. The molecule has 1 fully saturated rings. The average molecular weight is 328 g/mol. The van der Waals surface area contributed by atoms with Crippen molar-refractivity contribution in [3.05, 3.63) is 71.0 Å². The van der Waals surface area contributed by atoms with E-state index in [0.29, 0.717) is 13.0 Å². The van der Waals surface area contributed by atoms with Crippen LogP contribution in [0.1, 0.15) is 29.2 Å². The van der Waals surface area contributed by atoms with E-state index in [-0.39, 0.29) is 30.6 Å². The molecule has 4 nitrogen and oxygen atoms in total. The maximum Gasteiger partial charge on any atom is 0.410 e. The number of hydrogen-bond acceptors (Lipinski definition) is 3. The topological polar surface area (TPSA) is 55.6 Å². The first-order valence-corrected chi connectivity index (χ1v) is 8.05. The molecule has 1 saturated heterocycles. The van der Waals surface area contributed by atoms with Crippen molar-refractivity contribution >= 4 is 6.09 Å².